The minimum atomic E-state index is -0.452. The first-order chi connectivity index (χ1) is 11.7. The first kappa shape index (κ1) is 15.7. The Morgan fingerprint density at radius 2 is 2.08 bits per heavy atom. The van der Waals surface area contributed by atoms with Gasteiger partial charge in [0.25, 0.3) is 0 Å². The molecule has 1 N–H and O–H groups in total. The maximum absolute atomic E-state index is 12.0. The fourth-order valence-electron chi connectivity index (χ4n) is 2.75. The lowest BCUT2D eigenvalue weighted by molar-refractivity contribution is 0.0594. The SMILES string of the molecule is C=C/C=C\C(=C/C)c1nc(C(=O)OC)cc2c1[nH]c1ccccc12. The number of carbonyl (C=O) groups excluding carboxylic acids is 1. The number of methoxy groups -OCH3 is 1. The van der Waals surface area contributed by atoms with Crippen molar-refractivity contribution in [1.82, 2.24) is 9.97 Å². The summed E-state index contributed by atoms with van der Waals surface area (Å²) in [7, 11) is 1.36. The van der Waals surface area contributed by atoms with Crippen molar-refractivity contribution in [2.75, 3.05) is 7.11 Å². The van der Waals surface area contributed by atoms with Crippen LogP contribution >= 0.6 is 0 Å². The average Bonchev–Trinajstić information content (AvgIpc) is 3.00. The number of ether oxygens (including phenoxy) is 1. The number of H-pyrrole nitrogens is 1. The summed E-state index contributed by atoms with van der Waals surface area (Å²) in [6.07, 6.45) is 7.42. The molecule has 3 rings (SSSR count). The maximum Gasteiger partial charge on any atom is 0.356 e. The summed E-state index contributed by atoms with van der Waals surface area (Å²) >= 11 is 0. The van der Waals surface area contributed by atoms with Gasteiger partial charge in [0.05, 0.1) is 18.3 Å². The molecule has 0 spiro atoms. The molecular weight excluding hydrogens is 300 g/mol. The molecular formula is C20H18N2O2. The lowest BCUT2D eigenvalue weighted by Gasteiger charge is -2.07. The number of nitrogens with one attached hydrogen (secondary N) is 1. The third-order valence-electron chi connectivity index (χ3n) is 3.89. The number of aromatic amines is 1. The highest BCUT2D eigenvalue weighted by Gasteiger charge is 2.17. The zero-order chi connectivity index (χ0) is 17.1. The molecule has 24 heavy (non-hydrogen) atoms. The lowest BCUT2D eigenvalue weighted by atomic mass is 10.1. The van der Waals surface area contributed by atoms with Gasteiger partial charge in [0.2, 0.25) is 0 Å². The van der Waals surface area contributed by atoms with Gasteiger partial charge in [-0.3, -0.25) is 0 Å². The van der Waals surface area contributed by atoms with E-state index in [9.17, 15) is 4.79 Å². The van der Waals surface area contributed by atoms with Crippen molar-refractivity contribution in [3.8, 4) is 0 Å². The number of rotatable bonds is 4. The normalized spacial score (nSPS) is 12.2. The van der Waals surface area contributed by atoms with E-state index in [1.165, 1.54) is 7.11 Å². The zero-order valence-electron chi connectivity index (χ0n) is 13.7. The van der Waals surface area contributed by atoms with Gasteiger partial charge in [-0.15, -0.1) is 0 Å². The Labute approximate surface area is 140 Å². The predicted octanol–water partition coefficient (Wildman–Crippen LogP) is 4.65. The third kappa shape index (κ3) is 2.63. The molecule has 0 aliphatic rings. The molecule has 0 radical (unpaired) electrons. The van der Waals surface area contributed by atoms with Gasteiger partial charge in [-0.1, -0.05) is 49.1 Å². The second-order valence-electron chi connectivity index (χ2n) is 5.28. The summed E-state index contributed by atoms with van der Waals surface area (Å²) in [6, 6.07) is 9.75. The standard InChI is InChI=1S/C20H18N2O2/c1-4-6-9-13(5-2)18-19-15(12-17(22-18)20(23)24-3)14-10-7-8-11-16(14)21-19/h4-12,21H,1H2,2-3H3/b9-6-,13-5+. The molecule has 4 heteroatoms. The molecule has 1 aromatic carbocycles. The van der Waals surface area contributed by atoms with E-state index in [0.29, 0.717) is 5.69 Å². The van der Waals surface area contributed by atoms with Gasteiger partial charge in [0, 0.05) is 16.3 Å². The number of carbonyl (C=O) groups is 1. The molecule has 0 aliphatic carbocycles. The highest BCUT2D eigenvalue weighted by atomic mass is 16.5. The van der Waals surface area contributed by atoms with Gasteiger partial charge in [-0.05, 0) is 24.6 Å². The van der Waals surface area contributed by atoms with Crippen LogP contribution in [0.2, 0.25) is 0 Å². The molecule has 0 atom stereocenters. The van der Waals surface area contributed by atoms with Gasteiger partial charge in [-0.2, -0.15) is 0 Å². The molecule has 0 unspecified atom stereocenters. The Hall–Kier alpha value is -3.14. The Bertz CT molecular complexity index is 993. The molecule has 0 saturated heterocycles. The predicted molar refractivity (Wildman–Crippen MR) is 97.9 cm³/mol. The van der Waals surface area contributed by atoms with E-state index in [4.69, 9.17) is 4.74 Å². The molecule has 0 aliphatic heterocycles. The number of pyridine rings is 1. The number of nitrogens with zero attached hydrogens (tertiary/aromatic N) is 1. The number of esters is 1. The van der Waals surface area contributed by atoms with Crippen LogP contribution in [0.3, 0.4) is 0 Å². The number of aromatic nitrogens is 2. The number of hydrogen-bond acceptors (Lipinski definition) is 3. The van der Waals surface area contributed by atoms with Crippen LogP contribution in [0.1, 0.15) is 23.1 Å². The lowest BCUT2D eigenvalue weighted by Crippen LogP contribution is -2.06. The summed E-state index contributed by atoms with van der Waals surface area (Å²) < 4.78 is 4.86. The quantitative estimate of drug-likeness (QED) is 0.563. The third-order valence-corrected chi connectivity index (χ3v) is 3.89. The van der Waals surface area contributed by atoms with Crippen LogP contribution in [0.4, 0.5) is 0 Å². The Morgan fingerprint density at radius 3 is 2.79 bits per heavy atom. The minimum Gasteiger partial charge on any atom is -0.464 e. The van der Waals surface area contributed by atoms with E-state index in [2.05, 4.69) is 16.5 Å². The molecule has 2 aromatic heterocycles. The highest BCUT2D eigenvalue weighted by Crippen LogP contribution is 2.31. The van der Waals surface area contributed by atoms with Crippen molar-refractivity contribution in [3.05, 3.63) is 72.6 Å². The Morgan fingerprint density at radius 1 is 1.29 bits per heavy atom. The van der Waals surface area contributed by atoms with Crippen LogP contribution in [-0.2, 0) is 4.74 Å². The second-order valence-corrected chi connectivity index (χ2v) is 5.28. The van der Waals surface area contributed by atoms with Crippen molar-refractivity contribution in [1.29, 1.82) is 0 Å². The number of allylic oxidation sites excluding steroid dienone is 5. The van der Waals surface area contributed by atoms with E-state index < -0.39 is 5.97 Å². The van der Waals surface area contributed by atoms with E-state index in [1.54, 1.807) is 12.1 Å². The molecule has 0 saturated carbocycles. The smallest absolute Gasteiger partial charge is 0.356 e. The van der Waals surface area contributed by atoms with Crippen molar-refractivity contribution in [2.24, 2.45) is 0 Å². The molecule has 120 valence electrons. The number of fused-ring (bicyclic) bond motifs is 3. The average molecular weight is 318 g/mol. The summed E-state index contributed by atoms with van der Waals surface area (Å²) in [6.45, 7) is 5.63. The maximum atomic E-state index is 12.0. The summed E-state index contributed by atoms with van der Waals surface area (Å²) in [5.41, 5.74) is 3.80. The largest absolute Gasteiger partial charge is 0.464 e. The van der Waals surface area contributed by atoms with Crippen molar-refractivity contribution in [2.45, 2.75) is 6.92 Å². The van der Waals surface area contributed by atoms with Gasteiger partial charge in [-0.25, -0.2) is 9.78 Å². The van der Waals surface area contributed by atoms with Gasteiger partial charge < -0.3 is 9.72 Å². The zero-order valence-corrected chi connectivity index (χ0v) is 13.7. The van der Waals surface area contributed by atoms with Crippen molar-refractivity contribution in [3.63, 3.8) is 0 Å². The Balaban J connectivity index is 2.39. The molecule has 4 nitrogen and oxygen atoms in total. The van der Waals surface area contributed by atoms with Gasteiger partial charge in [0.1, 0.15) is 5.69 Å². The first-order valence-corrected chi connectivity index (χ1v) is 7.65. The topological polar surface area (TPSA) is 55.0 Å². The molecule has 0 fully saturated rings. The van der Waals surface area contributed by atoms with E-state index in [0.717, 1.165) is 27.4 Å². The van der Waals surface area contributed by atoms with Crippen LogP contribution in [0.25, 0.3) is 27.4 Å². The number of benzene rings is 1. The van der Waals surface area contributed by atoms with Crippen molar-refractivity contribution >= 4 is 33.3 Å². The fourth-order valence-corrected chi connectivity index (χ4v) is 2.75. The van der Waals surface area contributed by atoms with Crippen LogP contribution < -0.4 is 0 Å². The molecule has 2 heterocycles. The summed E-state index contributed by atoms with van der Waals surface area (Å²) in [5.74, 6) is -0.452. The summed E-state index contributed by atoms with van der Waals surface area (Å²) in [4.78, 5) is 20.0. The van der Waals surface area contributed by atoms with Gasteiger partial charge >= 0.3 is 5.97 Å². The minimum absolute atomic E-state index is 0.288. The fraction of sp³-hybridized carbons (Fsp3) is 0.100. The van der Waals surface area contributed by atoms with E-state index in [-0.39, 0.29) is 5.69 Å². The van der Waals surface area contributed by atoms with Crippen LogP contribution in [0.15, 0.2) is 61.2 Å². The molecule has 0 bridgehead atoms. The molecule has 3 aromatic rings. The first-order valence-electron chi connectivity index (χ1n) is 7.65. The second kappa shape index (κ2) is 6.54. The van der Waals surface area contributed by atoms with Crippen LogP contribution in [-0.4, -0.2) is 23.0 Å². The summed E-state index contributed by atoms with van der Waals surface area (Å²) in [5, 5.41) is 1.99. The Kier molecular flexibility index (Phi) is 4.29. The highest BCUT2D eigenvalue weighted by molar-refractivity contribution is 6.11. The number of hydrogen-bond donors (Lipinski definition) is 1. The monoisotopic (exact) mass is 318 g/mol. The van der Waals surface area contributed by atoms with Crippen molar-refractivity contribution < 1.29 is 9.53 Å². The van der Waals surface area contributed by atoms with Gasteiger partial charge in [0.15, 0.2) is 0 Å². The number of para-hydroxylation sites is 1. The van der Waals surface area contributed by atoms with Crippen LogP contribution in [0.5, 0.6) is 0 Å². The van der Waals surface area contributed by atoms with E-state index >= 15 is 0 Å². The molecule has 0 amide bonds. The van der Waals surface area contributed by atoms with Crippen LogP contribution in [0, 0.1) is 0 Å². The van der Waals surface area contributed by atoms with E-state index in [1.807, 2.05) is 49.4 Å².